The van der Waals surface area contributed by atoms with Gasteiger partial charge in [0, 0.05) is 13.6 Å². The number of aliphatic imine (C=N–C) groups is 1. The number of imide groups is 1. The van der Waals surface area contributed by atoms with E-state index in [0.717, 1.165) is 22.7 Å². The van der Waals surface area contributed by atoms with Crippen LogP contribution < -0.4 is 4.74 Å². The molecule has 1 unspecified atom stereocenters. The lowest BCUT2D eigenvalue weighted by atomic mass is 10.1. The number of rotatable bonds is 5. The Morgan fingerprint density at radius 2 is 1.84 bits per heavy atom. The summed E-state index contributed by atoms with van der Waals surface area (Å²) in [7, 11) is 3.30. The van der Waals surface area contributed by atoms with Gasteiger partial charge < -0.3 is 4.74 Å². The standard InChI is InChI=1S/C23H29N6O3/c1-14(2)12-28-21(30)19-20(26(5)23(28)31)24-22(29-16(4)11-15(3)25-29)27(19)13-17-7-9-18(32-6)10-8-17/h7-11,14,19H,12-13H2,1-6H3/q+1. The lowest BCUT2D eigenvalue weighted by Gasteiger charge is -2.35. The van der Waals surface area contributed by atoms with E-state index in [1.54, 1.807) is 18.8 Å². The summed E-state index contributed by atoms with van der Waals surface area (Å²) in [6.07, 6.45) is 0. The van der Waals surface area contributed by atoms with Crippen LogP contribution in [0.15, 0.2) is 35.3 Å². The molecule has 4 rings (SSSR count). The second-order valence-corrected chi connectivity index (χ2v) is 8.67. The van der Waals surface area contributed by atoms with Gasteiger partial charge in [-0.15, -0.1) is 9.78 Å². The molecule has 9 heteroatoms. The summed E-state index contributed by atoms with van der Waals surface area (Å²) in [5.74, 6) is 1.62. The van der Waals surface area contributed by atoms with Gasteiger partial charge in [-0.2, -0.15) is 0 Å². The third kappa shape index (κ3) is 3.68. The fraction of sp³-hybridized carbons (Fsp3) is 0.435. The first-order valence-electron chi connectivity index (χ1n) is 10.7. The van der Waals surface area contributed by atoms with Crippen LogP contribution in [-0.2, 0) is 11.3 Å². The second-order valence-electron chi connectivity index (χ2n) is 8.67. The summed E-state index contributed by atoms with van der Waals surface area (Å²) in [4.78, 5) is 34.1. The van der Waals surface area contributed by atoms with Gasteiger partial charge in [-0.1, -0.05) is 31.0 Å². The molecule has 1 aromatic heterocycles. The molecule has 168 valence electrons. The molecule has 32 heavy (non-hydrogen) atoms. The average molecular weight is 438 g/mol. The Balaban J connectivity index is 1.82. The number of fused-ring (bicyclic) bond motifs is 1. The van der Waals surface area contributed by atoms with Gasteiger partial charge in [-0.3, -0.25) is 14.6 Å². The first-order valence-corrected chi connectivity index (χ1v) is 10.7. The number of urea groups is 1. The summed E-state index contributed by atoms with van der Waals surface area (Å²) >= 11 is 0. The molecule has 3 heterocycles. The summed E-state index contributed by atoms with van der Waals surface area (Å²) in [6, 6.07) is 8.62. The number of aromatic nitrogens is 2. The molecule has 2 aliphatic rings. The van der Waals surface area contributed by atoms with E-state index >= 15 is 0 Å². The van der Waals surface area contributed by atoms with Crippen LogP contribution in [-0.4, -0.2) is 74.6 Å². The molecule has 0 saturated carbocycles. The summed E-state index contributed by atoms with van der Waals surface area (Å²) in [6.45, 7) is 8.62. The highest BCUT2D eigenvalue weighted by Crippen LogP contribution is 2.24. The van der Waals surface area contributed by atoms with E-state index in [1.165, 1.54) is 9.80 Å². The summed E-state index contributed by atoms with van der Waals surface area (Å²) in [5, 5.41) is 4.59. The van der Waals surface area contributed by atoms with E-state index in [4.69, 9.17) is 9.73 Å². The Kier molecular flexibility index (Phi) is 5.58. The number of amides is 3. The first-order chi connectivity index (χ1) is 15.2. The zero-order chi connectivity index (χ0) is 23.2. The number of likely N-dealkylation sites (N-methyl/N-ethyl adjacent to an activating group) is 1. The molecule has 2 aromatic rings. The molecule has 1 fully saturated rings. The number of aryl methyl sites for hydroxylation is 2. The molecule has 3 amide bonds. The minimum Gasteiger partial charge on any atom is -0.497 e. The van der Waals surface area contributed by atoms with E-state index in [2.05, 4.69) is 5.10 Å². The minimum atomic E-state index is -0.697. The molecule has 2 aliphatic heterocycles. The van der Waals surface area contributed by atoms with E-state index in [1.807, 2.05) is 62.6 Å². The molecular formula is C23H29N6O3+. The van der Waals surface area contributed by atoms with Crippen LogP contribution in [0.1, 0.15) is 30.8 Å². The van der Waals surface area contributed by atoms with Gasteiger partial charge in [-0.25, -0.2) is 9.37 Å². The Morgan fingerprint density at radius 3 is 2.41 bits per heavy atom. The lowest BCUT2D eigenvalue weighted by Crippen LogP contribution is -2.63. The molecule has 0 radical (unpaired) electrons. The molecule has 0 aliphatic carbocycles. The minimum absolute atomic E-state index is 0.158. The van der Waals surface area contributed by atoms with Gasteiger partial charge in [0.1, 0.15) is 11.4 Å². The van der Waals surface area contributed by atoms with Crippen LogP contribution in [0.3, 0.4) is 0 Å². The molecule has 0 bridgehead atoms. The highest BCUT2D eigenvalue weighted by atomic mass is 16.5. The fourth-order valence-corrected chi connectivity index (χ4v) is 4.13. The Hall–Kier alpha value is -3.49. The van der Waals surface area contributed by atoms with E-state index < -0.39 is 6.04 Å². The zero-order valence-electron chi connectivity index (χ0n) is 19.4. The first kappa shape index (κ1) is 21.7. The van der Waals surface area contributed by atoms with Gasteiger partial charge in [0.05, 0.1) is 19.3 Å². The number of nitrogens with zero attached hydrogens (tertiary/aromatic N) is 6. The van der Waals surface area contributed by atoms with Crippen molar-refractivity contribution in [1.82, 2.24) is 19.6 Å². The van der Waals surface area contributed by atoms with Gasteiger partial charge >= 0.3 is 12.0 Å². The summed E-state index contributed by atoms with van der Waals surface area (Å²) < 4.78 is 8.93. The van der Waals surface area contributed by atoms with Gasteiger partial charge in [0.25, 0.3) is 5.91 Å². The smallest absolute Gasteiger partial charge is 0.421 e. The monoisotopic (exact) mass is 437 g/mol. The zero-order valence-corrected chi connectivity index (χ0v) is 19.4. The predicted molar refractivity (Wildman–Crippen MR) is 120 cm³/mol. The lowest BCUT2D eigenvalue weighted by molar-refractivity contribution is -0.553. The SMILES string of the molecule is COc1ccc(C[N+]2=C(n3nc(C)cc3C)N=C3C2C(=O)N(CC(C)C)C(=O)N3C)cc1. The number of hydrogen-bond donors (Lipinski definition) is 0. The van der Waals surface area contributed by atoms with Crippen molar-refractivity contribution in [2.24, 2.45) is 10.9 Å². The number of carbonyl (C=O) groups excluding carboxylic acids is 2. The molecule has 1 atom stereocenters. The molecule has 9 nitrogen and oxygen atoms in total. The fourth-order valence-electron chi connectivity index (χ4n) is 4.13. The van der Waals surface area contributed by atoms with Gasteiger partial charge in [-0.05, 0) is 43.5 Å². The molecule has 1 aromatic carbocycles. The second kappa shape index (κ2) is 8.22. The van der Waals surface area contributed by atoms with Crippen molar-refractivity contribution >= 4 is 23.7 Å². The number of methoxy groups -OCH3 is 1. The van der Waals surface area contributed by atoms with Crippen LogP contribution in [0.2, 0.25) is 0 Å². The van der Waals surface area contributed by atoms with Crippen molar-refractivity contribution in [2.45, 2.75) is 40.3 Å². The van der Waals surface area contributed by atoms with Gasteiger partial charge in [0.15, 0.2) is 0 Å². The van der Waals surface area contributed by atoms with Crippen molar-refractivity contribution in [3.63, 3.8) is 0 Å². The van der Waals surface area contributed by atoms with E-state index in [-0.39, 0.29) is 17.9 Å². The number of amidine groups is 1. The molecule has 1 saturated heterocycles. The number of hydrogen-bond acceptors (Lipinski definition) is 5. The van der Waals surface area contributed by atoms with Crippen molar-refractivity contribution in [1.29, 1.82) is 0 Å². The quantitative estimate of drug-likeness (QED) is 0.672. The summed E-state index contributed by atoms with van der Waals surface area (Å²) in [5.41, 5.74) is 2.75. The van der Waals surface area contributed by atoms with Crippen LogP contribution in [0.4, 0.5) is 4.79 Å². The Labute approximate surface area is 187 Å². The third-order valence-corrected chi connectivity index (χ3v) is 5.65. The van der Waals surface area contributed by atoms with Crippen LogP contribution >= 0.6 is 0 Å². The van der Waals surface area contributed by atoms with Crippen molar-refractivity contribution in [3.8, 4) is 5.75 Å². The van der Waals surface area contributed by atoms with Gasteiger partial charge in [0.2, 0.25) is 11.9 Å². The number of carbonyl (C=O) groups is 2. The highest BCUT2D eigenvalue weighted by Gasteiger charge is 2.53. The molecule has 0 spiro atoms. The van der Waals surface area contributed by atoms with Crippen LogP contribution in [0, 0.1) is 19.8 Å². The number of ether oxygens (including phenoxy) is 1. The van der Waals surface area contributed by atoms with E-state index in [9.17, 15) is 9.59 Å². The predicted octanol–water partition coefficient (Wildman–Crippen LogP) is 2.26. The number of benzene rings is 1. The topological polar surface area (TPSA) is 83.0 Å². The third-order valence-electron chi connectivity index (χ3n) is 5.65. The van der Waals surface area contributed by atoms with Crippen molar-refractivity contribution in [2.75, 3.05) is 20.7 Å². The van der Waals surface area contributed by atoms with E-state index in [0.29, 0.717) is 24.9 Å². The van der Waals surface area contributed by atoms with Crippen molar-refractivity contribution in [3.05, 3.63) is 47.3 Å². The highest BCUT2D eigenvalue weighted by molar-refractivity contribution is 6.23. The Bertz CT molecular complexity index is 1130. The maximum atomic E-state index is 13.6. The normalized spacial score (nSPS) is 18.6. The van der Waals surface area contributed by atoms with Crippen molar-refractivity contribution < 1.29 is 18.9 Å². The maximum absolute atomic E-state index is 13.6. The molecular weight excluding hydrogens is 408 g/mol. The van der Waals surface area contributed by atoms with Crippen LogP contribution in [0.25, 0.3) is 0 Å². The Morgan fingerprint density at radius 1 is 1.16 bits per heavy atom. The van der Waals surface area contributed by atoms with Crippen LogP contribution in [0.5, 0.6) is 5.75 Å². The maximum Gasteiger partial charge on any atom is 0.421 e. The molecule has 0 N–H and O–H groups in total. The average Bonchev–Trinajstić information content (AvgIpc) is 3.29. The largest absolute Gasteiger partial charge is 0.497 e.